The van der Waals surface area contributed by atoms with E-state index in [1.165, 1.54) is 31.4 Å². The minimum absolute atomic E-state index is 0.153. The Morgan fingerprint density at radius 3 is 2.67 bits per heavy atom. The molecule has 3 nitrogen and oxygen atoms in total. The monoisotopic (exact) mass is 248 g/mol. The summed E-state index contributed by atoms with van der Waals surface area (Å²) in [5.74, 6) is 2.23. The quantitative estimate of drug-likeness (QED) is 0.889. The third-order valence-electron chi connectivity index (χ3n) is 4.87. The van der Waals surface area contributed by atoms with E-state index in [4.69, 9.17) is 0 Å². The van der Waals surface area contributed by atoms with Crippen molar-refractivity contribution in [3.8, 4) is 0 Å². The fourth-order valence-electron chi connectivity index (χ4n) is 4.01. The van der Waals surface area contributed by atoms with E-state index in [9.17, 15) is 5.11 Å². The van der Waals surface area contributed by atoms with Gasteiger partial charge < -0.3 is 5.11 Å². The Labute approximate surface area is 109 Å². The number of rotatable bonds is 4. The molecule has 2 fully saturated rings. The van der Waals surface area contributed by atoms with Crippen LogP contribution in [0, 0.1) is 24.7 Å². The van der Waals surface area contributed by atoms with Crippen molar-refractivity contribution in [3.63, 3.8) is 0 Å². The minimum Gasteiger partial charge on any atom is -0.392 e. The smallest absolute Gasteiger partial charge is 0.0629 e. The number of fused-ring (bicyclic) bond motifs is 1. The van der Waals surface area contributed by atoms with E-state index < -0.39 is 0 Å². The zero-order valence-corrected chi connectivity index (χ0v) is 11.5. The second-order valence-electron chi connectivity index (χ2n) is 6.05. The number of hydrogen-bond acceptors (Lipinski definition) is 2. The van der Waals surface area contributed by atoms with E-state index in [-0.39, 0.29) is 6.10 Å². The Bertz CT molecular complexity index is 414. The van der Waals surface area contributed by atoms with Gasteiger partial charge in [0, 0.05) is 18.7 Å². The minimum atomic E-state index is -0.153. The number of aliphatic hydroxyl groups excluding tert-OH is 1. The Kier molecular flexibility index (Phi) is 3.18. The number of aryl methyl sites for hydroxylation is 2. The third-order valence-corrected chi connectivity index (χ3v) is 4.87. The Morgan fingerprint density at radius 1 is 1.39 bits per heavy atom. The molecule has 1 heterocycles. The van der Waals surface area contributed by atoms with Crippen LogP contribution in [-0.2, 0) is 13.0 Å². The van der Waals surface area contributed by atoms with Crippen LogP contribution in [0.25, 0.3) is 0 Å². The van der Waals surface area contributed by atoms with Crippen LogP contribution in [0.15, 0.2) is 6.07 Å². The molecule has 100 valence electrons. The Morgan fingerprint density at radius 2 is 2.06 bits per heavy atom. The SMILES string of the molecule is CCn1nc(C)cc1CC(O)C1C2CCCCC21. The average Bonchev–Trinajstić information content (AvgIpc) is 2.99. The fourth-order valence-corrected chi connectivity index (χ4v) is 4.01. The van der Waals surface area contributed by atoms with Crippen LogP contribution in [0.1, 0.15) is 44.0 Å². The molecular weight excluding hydrogens is 224 g/mol. The maximum atomic E-state index is 10.5. The summed E-state index contributed by atoms with van der Waals surface area (Å²) in [6, 6.07) is 2.12. The highest BCUT2D eigenvalue weighted by Crippen LogP contribution is 2.57. The molecule has 2 aliphatic rings. The molecule has 0 aliphatic heterocycles. The second-order valence-corrected chi connectivity index (χ2v) is 6.05. The highest BCUT2D eigenvalue weighted by molar-refractivity contribution is 5.12. The number of aliphatic hydroxyl groups is 1. The molecule has 3 heteroatoms. The van der Waals surface area contributed by atoms with E-state index in [1.807, 2.05) is 11.6 Å². The summed E-state index contributed by atoms with van der Waals surface area (Å²) < 4.78 is 2.03. The highest BCUT2D eigenvalue weighted by atomic mass is 16.3. The summed E-state index contributed by atoms with van der Waals surface area (Å²) in [4.78, 5) is 0. The van der Waals surface area contributed by atoms with Crippen molar-refractivity contribution < 1.29 is 5.11 Å². The maximum Gasteiger partial charge on any atom is 0.0629 e. The van der Waals surface area contributed by atoms with Crippen molar-refractivity contribution in [2.45, 2.75) is 58.6 Å². The average molecular weight is 248 g/mol. The van der Waals surface area contributed by atoms with Crippen LogP contribution in [-0.4, -0.2) is 21.0 Å². The van der Waals surface area contributed by atoms with E-state index in [1.54, 1.807) is 0 Å². The van der Waals surface area contributed by atoms with Crippen LogP contribution >= 0.6 is 0 Å². The Hall–Kier alpha value is -0.830. The predicted molar refractivity (Wildman–Crippen MR) is 71.3 cm³/mol. The maximum absolute atomic E-state index is 10.5. The molecule has 1 N–H and O–H groups in total. The first kappa shape index (κ1) is 12.2. The van der Waals surface area contributed by atoms with Gasteiger partial charge in [0.15, 0.2) is 0 Å². The number of aromatic nitrogens is 2. The molecule has 3 atom stereocenters. The zero-order chi connectivity index (χ0) is 12.7. The third kappa shape index (κ3) is 2.09. The molecule has 0 bridgehead atoms. The van der Waals surface area contributed by atoms with Crippen molar-refractivity contribution in [2.75, 3.05) is 0 Å². The van der Waals surface area contributed by atoms with Gasteiger partial charge in [0.1, 0.15) is 0 Å². The first-order chi connectivity index (χ1) is 8.70. The lowest BCUT2D eigenvalue weighted by Crippen LogP contribution is -2.18. The molecule has 0 saturated heterocycles. The van der Waals surface area contributed by atoms with Gasteiger partial charge in [0.2, 0.25) is 0 Å². The molecule has 2 saturated carbocycles. The van der Waals surface area contributed by atoms with Gasteiger partial charge in [-0.25, -0.2) is 0 Å². The van der Waals surface area contributed by atoms with Crippen LogP contribution in [0.4, 0.5) is 0 Å². The summed E-state index contributed by atoms with van der Waals surface area (Å²) in [6.07, 6.45) is 6.07. The van der Waals surface area contributed by atoms with Crippen molar-refractivity contribution >= 4 is 0 Å². The van der Waals surface area contributed by atoms with Gasteiger partial charge in [-0.2, -0.15) is 5.10 Å². The molecule has 3 unspecified atom stereocenters. The molecule has 0 amide bonds. The zero-order valence-electron chi connectivity index (χ0n) is 11.5. The van der Waals surface area contributed by atoms with Crippen LogP contribution < -0.4 is 0 Å². The van der Waals surface area contributed by atoms with Gasteiger partial charge in [0.25, 0.3) is 0 Å². The first-order valence-electron chi connectivity index (χ1n) is 7.42. The van der Waals surface area contributed by atoms with Crippen LogP contribution in [0.3, 0.4) is 0 Å². The molecule has 1 aromatic heterocycles. The number of nitrogens with zero attached hydrogens (tertiary/aromatic N) is 2. The van der Waals surface area contributed by atoms with Crippen molar-refractivity contribution in [1.82, 2.24) is 9.78 Å². The number of hydrogen-bond donors (Lipinski definition) is 1. The molecule has 3 rings (SSSR count). The van der Waals surface area contributed by atoms with Gasteiger partial charge in [0.05, 0.1) is 11.8 Å². The lowest BCUT2D eigenvalue weighted by molar-refractivity contribution is 0.138. The van der Waals surface area contributed by atoms with Crippen molar-refractivity contribution in [3.05, 3.63) is 17.5 Å². The van der Waals surface area contributed by atoms with Gasteiger partial charge >= 0.3 is 0 Å². The molecule has 1 aromatic rings. The molecule has 0 aromatic carbocycles. The summed E-state index contributed by atoms with van der Waals surface area (Å²) in [5.41, 5.74) is 2.26. The summed E-state index contributed by atoms with van der Waals surface area (Å²) >= 11 is 0. The topological polar surface area (TPSA) is 38.0 Å². The lowest BCUT2D eigenvalue weighted by atomic mass is 10.0. The molecular formula is C15H24N2O. The van der Waals surface area contributed by atoms with Crippen LogP contribution in [0.2, 0.25) is 0 Å². The van der Waals surface area contributed by atoms with Crippen molar-refractivity contribution in [2.24, 2.45) is 17.8 Å². The van der Waals surface area contributed by atoms with E-state index in [0.29, 0.717) is 5.92 Å². The van der Waals surface area contributed by atoms with Gasteiger partial charge in [-0.15, -0.1) is 0 Å². The highest BCUT2D eigenvalue weighted by Gasteiger charge is 2.53. The summed E-state index contributed by atoms with van der Waals surface area (Å²) in [7, 11) is 0. The predicted octanol–water partition coefficient (Wildman–Crippen LogP) is 2.55. The molecule has 2 aliphatic carbocycles. The summed E-state index contributed by atoms with van der Waals surface area (Å²) in [5, 5.41) is 14.9. The van der Waals surface area contributed by atoms with Crippen molar-refractivity contribution in [1.29, 1.82) is 0 Å². The van der Waals surface area contributed by atoms with Gasteiger partial charge in [-0.05, 0) is 50.5 Å². The molecule has 18 heavy (non-hydrogen) atoms. The fraction of sp³-hybridized carbons (Fsp3) is 0.800. The first-order valence-corrected chi connectivity index (χ1v) is 7.42. The molecule has 0 radical (unpaired) electrons. The standard InChI is InChI=1S/C15H24N2O/c1-3-17-11(8-10(2)16-17)9-14(18)15-12-6-4-5-7-13(12)15/h8,12-15,18H,3-7,9H2,1-2H3. The second kappa shape index (κ2) is 4.69. The van der Waals surface area contributed by atoms with Gasteiger partial charge in [-0.3, -0.25) is 4.68 Å². The van der Waals surface area contributed by atoms with Gasteiger partial charge in [-0.1, -0.05) is 12.8 Å². The molecule has 0 spiro atoms. The van der Waals surface area contributed by atoms with E-state index in [2.05, 4.69) is 18.1 Å². The van der Waals surface area contributed by atoms with E-state index >= 15 is 0 Å². The summed E-state index contributed by atoms with van der Waals surface area (Å²) in [6.45, 7) is 5.03. The van der Waals surface area contributed by atoms with Crippen LogP contribution in [0.5, 0.6) is 0 Å². The largest absolute Gasteiger partial charge is 0.392 e. The van der Waals surface area contributed by atoms with E-state index in [0.717, 1.165) is 30.5 Å². The Balaban J connectivity index is 1.65. The normalized spacial score (nSPS) is 32.1. The lowest BCUT2D eigenvalue weighted by Gasteiger charge is -2.11.